The zero-order valence-electron chi connectivity index (χ0n) is 12.1. The van der Waals surface area contributed by atoms with E-state index >= 15 is 0 Å². The van der Waals surface area contributed by atoms with Gasteiger partial charge in [0.25, 0.3) is 0 Å². The van der Waals surface area contributed by atoms with E-state index in [0.717, 1.165) is 29.7 Å². The third-order valence-electron chi connectivity index (χ3n) is 4.12. The zero-order valence-corrected chi connectivity index (χ0v) is 12.1. The molecule has 2 N–H and O–H groups in total. The molecule has 0 aromatic heterocycles. The average molecular weight is 260 g/mol. The molecule has 3 nitrogen and oxygen atoms in total. The molecule has 1 saturated heterocycles. The molecule has 19 heavy (non-hydrogen) atoms. The minimum Gasteiger partial charge on any atom is -0.398 e. The Kier molecular flexibility index (Phi) is 4.13. The molecule has 0 bridgehead atoms. The van der Waals surface area contributed by atoms with E-state index in [2.05, 4.69) is 13.8 Å². The van der Waals surface area contributed by atoms with Crippen molar-refractivity contribution in [1.29, 1.82) is 0 Å². The predicted molar refractivity (Wildman–Crippen MR) is 78.9 cm³/mol. The second-order valence-corrected chi connectivity index (χ2v) is 5.81. The molecule has 0 saturated carbocycles. The number of nitrogens with zero attached hydrogens (tertiary/aromatic N) is 1. The Bertz CT molecular complexity index is 460. The van der Waals surface area contributed by atoms with Gasteiger partial charge in [-0.2, -0.15) is 0 Å². The third kappa shape index (κ3) is 3.09. The van der Waals surface area contributed by atoms with Gasteiger partial charge in [0.2, 0.25) is 5.91 Å². The van der Waals surface area contributed by atoms with Gasteiger partial charge in [-0.25, -0.2) is 0 Å². The minimum absolute atomic E-state index is 0.206. The van der Waals surface area contributed by atoms with Crippen molar-refractivity contribution in [2.45, 2.75) is 58.5 Å². The summed E-state index contributed by atoms with van der Waals surface area (Å²) in [5.74, 6) is 0.206. The van der Waals surface area contributed by atoms with Crippen molar-refractivity contribution in [3.05, 3.63) is 29.3 Å². The number of benzene rings is 1. The van der Waals surface area contributed by atoms with Gasteiger partial charge in [0.1, 0.15) is 0 Å². The van der Waals surface area contributed by atoms with Gasteiger partial charge in [-0.3, -0.25) is 4.79 Å². The minimum atomic E-state index is 0.206. The predicted octanol–water partition coefficient (Wildman–Crippen LogP) is 2.91. The van der Waals surface area contributed by atoms with Crippen LogP contribution in [0.4, 0.5) is 5.69 Å². The van der Waals surface area contributed by atoms with Crippen molar-refractivity contribution in [3.8, 4) is 0 Å². The Morgan fingerprint density at radius 1 is 1.32 bits per heavy atom. The van der Waals surface area contributed by atoms with Crippen LogP contribution in [-0.4, -0.2) is 22.9 Å². The molecule has 1 aromatic carbocycles. The molecule has 2 atom stereocenters. The van der Waals surface area contributed by atoms with Crippen LogP contribution in [0, 0.1) is 6.92 Å². The molecule has 1 heterocycles. The van der Waals surface area contributed by atoms with Crippen LogP contribution in [0.5, 0.6) is 0 Å². The standard InChI is InChI=1S/C16H24N2O/c1-11-7-8-15(17)14(9-11)10-16(19)18-12(2)5-4-6-13(18)3/h7-9,12-13H,4-6,10,17H2,1-3H3. The Morgan fingerprint density at radius 3 is 2.58 bits per heavy atom. The van der Waals surface area contributed by atoms with Crippen LogP contribution in [0.2, 0.25) is 0 Å². The summed E-state index contributed by atoms with van der Waals surface area (Å²) < 4.78 is 0. The van der Waals surface area contributed by atoms with Crippen molar-refractivity contribution in [2.24, 2.45) is 0 Å². The maximum Gasteiger partial charge on any atom is 0.227 e. The number of carbonyl (C=O) groups excluding carboxylic acids is 1. The van der Waals surface area contributed by atoms with E-state index < -0.39 is 0 Å². The fraction of sp³-hybridized carbons (Fsp3) is 0.562. The van der Waals surface area contributed by atoms with Gasteiger partial charge >= 0.3 is 0 Å². The summed E-state index contributed by atoms with van der Waals surface area (Å²) in [6.45, 7) is 6.32. The maximum atomic E-state index is 12.5. The van der Waals surface area contributed by atoms with Gasteiger partial charge in [0.15, 0.2) is 0 Å². The van der Waals surface area contributed by atoms with E-state index in [1.807, 2.05) is 30.0 Å². The van der Waals surface area contributed by atoms with Gasteiger partial charge in [0.05, 0.1) is 6.42 Å². The van der Waals surface area contributed by atoms with Crippen molar-refractivity contribution in [3.63, 3.8) is 0 Å². The quantitative estimate of drug-likeness (QED) is 0.831. The van der Waals surface area contributed by atoms with Crippen LogP contribution in [0.25, 0.3) is 0 Å². The van der Waals surface area contributed by atoms with E-state index in [9.17, 15) is 4.79 Å². The van der Waals surface area contributed by atoms with Crippen LogP contribution in [-0.2, 0) is 11.2 Å². The normalized spacial score (nSPS) is 23.4. The van der Waals surface area contributed by atoms with E-state index in [4.69, 9.17) is 5.73 Å². The summed E-state index contributed by atoms with van der Waals surface area (Å²) in [5, 5.41) is 0. The van der Waals surface area contributed by atoms with E-state index in [0.29, 0.717) is 18.5 Å². The molecule has 1 fully saturated rings. The molecule has 1 aliphatic heterocycles. The van der Waals surface area contributed by atoms with Gasteiger partial charge in [0, 0.05) is 17.8 Å². The SMILES string of the molecule is Cc1ccc(N)c(CC(=O)N2C(C)CCCC2C)c1. The average Bonchev–Trinajstić information content (AvgIpc) is 2.33. The van der Waals surface area contributed by atoms with E-state index in [1.54, 1.807) is 0 Å². The maximum absolute atomic E-state index is 12.5. The van der Waals surface area contributed by atoms with Gasteiger partial charge in [-0.05, 0) is 51.7 Å². The molecule has 2 unspecified atom stereocenters. The number of rotatable bonds is 2. The lowest BCUT2D eigenvalue weighted by atomic mass is 9.96. The Morgan fingerprint density at radius 2 is 1.95 bits per heavy atom. The molecule has 2 rings (SSSR count). The smallest absolute Gasteiger partial charge is 0.227 e. The number of hydrogen-bond donors (Lipinski definition) is 1. The fourth-order valence-corrected chi connectivity index (χ4v) is 3.05. The third-order valence-corrected chi connectivity index (χ3v) is 4.12. The number of hydrogen-bond acceptors (Lipinski definition) is 2. The Balaban J connectivity index is 2.13. The van der Waals surface area contributed by atoms with Crippen molar-refractivity contribution >= 4 is 11.6 Å². The molecule has 104 valence electrons. The fourth-order valence-electron chi connectivity index (χ4n) is 3.05. The number of aryl methyl sites for hydroxylation is 1. The molecule has 0 spiro atoms. The number of amides is 1. The summed E-state index contributed by atoms with van der Waals surface area (Å²) in [4.78, 5) is 14.6. The molecular weight excluding hydrogens is 236 g/mol. The first-order valence-corrected chi connectivity index (χ1v) is 7.15. The lowest BCUT2D eigenvalue weighted by Gasteiger charge is -2.39. The van der Waals surface area contributed by atoms with Crippen molar-refractivity contribution in [2.75, 3.05) is 5.73 Å². The van der Waals surface area contributed by atoms with Crippen LogP contribution in [0.1, 0.15) is 44.2 Å². The van der Waals surface area contributed by atoms with Crippen LogP contribution < -0.4 is 5.73 Å². The summed E-state index contributed by atoms with van der Waals surface area (Å²) in [7, 11) is 0. The Labute approximate surface area is 115 Å². The molecular formula is C16H24N2O. The molecule has 3 heteroatoms. The number of likely N-dealkylation sites (tertiary alicyclic amines) is 1. The highest BCUT2D eigenvalue weighted by atomic mass is 16.2. The number of nitrogen functional groups attached to an aromatic ring is 1. The van der Waals surface area contributed by atoms with Gasteiger partial charge in [-0.15, -0.1) is 0 Å². The largest absolute Gasteiger partial charge is 0.398 e. The number of anilines is 1. The first-order valence-electron chi connectivity index (χ1n) is 7.15. The molecule has 1 aliphatic rings. The van der Waals surface area contributed by atoms with Crippen LogP contribution in [0.15, 0.2) is 18.2 Å². The Hall–Kier alpha value is -1.51. The summed E-state index contributed by atoms with van der Waals surface area (Å²) in [6.07, 6.45) is 3.86. The summed E-state index contributed by atoms with van der Waals surface area (Å²) in [5.41, 5.74) is 8.79. The zero-order chi connectivity index (χ0) is 14.0. The molecule has 0 radical (unpaired) electrons. The second kappa shape index (κ2) is 5.64. The molecule has 1 aromatic rings. The number of carbonyl (C=O) groups is 1. The summed E-state index contributed by atoms with van der Waals surface area (Å²) >= 11 is 0. The second-order valence-electron chi connectivity index (χ2n) is 5.81. The van der Waals surface area contributed by atoms with Gasteiger partial charge in [-0.1, -0.05) is 17.7 Å². The lowest BCUT2D eigenvalue weighted by Crippen LogP contribution is -2.48. The first-order chi connectivity index (χ1) is 8.99. The summed E-state index contributed by atoms with van der Waals surface area (Å²) in [6, 6.07) is 6.59. The molecule has 1 amide bonds. The molecule has 0 aliphatic carbocycles. The highest BCUT2D eigenvalue weighted by Crippen LogP contribution is 2.24. The lowest BCUT2D eigenvalue weighted by molar-refractivity contribution is -0.136. The monoisotopic (exact) mass is 260 g/mol. The van der Waals surface area contributed by atoms with Crippen LogP contribution >= 0.6 is 0 Å². The van der Waals surface area contributed by atoms with Crippen molar-refractivity contribution in [1.82, 2.24) is 4.90 Å². The topological polar surface area (TPSA) is 46.3 Å². The highest BCUT2D eigenvalue weighted by molar-refractivity contribution is 5.81. The van der Waals surface area contributed by atoms with Gasteiger partial charge < -0.3 is 10.6 Å². The van der Waals surface area contributed by atoms with E-state index in [-0.39, 0.29) is 5.91 Å². The first kappa shape index (κ1) is 13.9. The highest BCUT2D eigenvalue weighted by Gasteiger charge is 2.28. The van der Waals surface area contributed by atoms with E-state index in [1.165, 1.54) is 6.42 Å². The number of piperidine rings is 1. The van der Waals surface area contributed by atoms with Crippen molar-refractivity contribution < 1.29 is 4.79 Å². The number of nitrogens with two attached hydrogens (primary N) is 1. The van der Waals surface area contributed by atoms with Crippen LogP contribution in [0.3, 0.4) is 0 Å².